The monoisotopic (exact) mass is 391 g/mol. The van der Waals surface area contributed by atoms with Crippen LogP contribution in [-0.2, 0) is 30.8 Å². The van der Waals surface area contributed by atoms with Gasteiger partial charge in [-0.1, -0.05) is 0 Å². The van der Waals surface area contributed by atoms with Crippen molar-refractivity contribution in [3.63, 3.8) is 0 Å². The van der Waals surface area contributed by atoms with E-state index < -0.39 is 28.6 Å². The maximum Gasteiger partial charge on any atom is 0.318 e. The molecule has 1 aromatic heterocycles. The molecule has 1 aromatic rings. The first kappa shape index (κ1) is 19.8. The summed E-state index contributed by atoms with van der Waals surface area (Å²) < 4.78 is 29.8. The van der Waals surface area contributed by atoms with Gasteiger partial charge < -0.3 is 14.7 Å². The summed E-state index contributed by atoms with van der Waals surface area (Å²) in [7, 11) is -3.68. The largest absolute Gasteiger partial charge is 0.480 e. The first-order chi connectivity index (χ1) is 11.6. The van der Waals surface area contributed by atoms with Crippen LogP contribution in [-0.4, -0.2) is 84.7 Å². The third-order valence-corrected chi connectivity index (χ3v) is 5.72. The highest BCUT2D eigenvalue weighted by Gasteiger charge is 2.29. The summed E-state index contributed by atoms with van der Waals surface area (Å²) in [4.78, 5) is 29.1. The Bertz CT molecular complexity index is 733. The van der Waals surface area contributed by atoms with E-state index in [0.717, 1.165) is 15.6 Å². The van der Waals surface area contributed by atoms with Crippen molar-refractivity contribution in [2.45, 2.75) is 19.4 Å². The quantitative estimate of drug-likeness (QED) is 0.670. The third-order valence-electron chi connectivity index (χ3n) is 3.68. The van der Waals surface area contributed by atoms with Gasteiger partial charge in [-0.3, -0.25) is 9.59 Å². The third kappa shape index (κ3) is 6.03. The van der Waals surface area contributed by atoms with Gasteiger partial charge in [0.05, 0.1) is 36.1 Å². The molecule has 1 fully saturated rings. The maximum atomic E-state index is 12.4. The Morgan fingerprint density at radius 2 is 2.24 bits per heavy atom. The van der Waals surface area contributed by atoms with Crippen LogP contribution in [0.5, 0.6) is 0 Å². The number of carbonyl (C=O) groups is 2. The predicted molar refractivity (Wildman–Crippen MR) is 90.9 cm³/mol. The molecule has 0 radical (unpaired) electrons. The molecule has 2 heterocycles. The van der Waals surface area contributed by atoms with Gasteiger partial charge in [0.15, 0.2) is 0 Å². The van der Waals surface area contributed by atoms with Crippen LogP contribution < -0.4 is 0 Å². The first-order valence-electron chi connectivity index (χ1n) is 7.62. The number of carbonyl (C=O) groups excluding carboxylic acids is 1. The summed E-state index contributed by atoms with van der Waals surface area (Å²) in [6.07, 6.45) is 0.567. The standard InChI is InChI=1S/C14H21N3O6S2/c1-10-15-11(9-24-10)5-13(18)16-3-4-23-12(6-16)7-17(8-14(19)20)25(2,21)22/h9,12H,3-8H2,1-2H3,(H,19,20). The lowest BCUT2D eigenvalue weighted by molar-refractivity contribution is -0.141. The highest BCUT2D eigenvalue weighted by Crippen LogP contribution is 2.13. The van der Waals surface area contributed by atoms with Gasteiger partial charge in [0.1, 0.15) is 6.54 Å². The second-order valence-corrected chi connectivity index (χ2v) is 8.86. The molecule has 25 heavy (non-hydrogen) atoms. The van der Waals surface area contributed by atoms with Crippen molar-refractivity contribution in [1.29, 1.82) is 0 Å². The molecule has 0 aromatic carbocycles. The number of aromatic nitrogens is 1. The molecular weight excluding hydrogens is 370 g/mol. The van der Waals surface area contributed by atoms with Gasteiger partial charge >= 0.3 is 5.97 Å². The Morgan fingerprint density at radius 3 is 2.80 bits per heavy atom. The number of aryl methyl sites for hydroxylation is 1. The summed E-state index contributed by atoms with van der Waals surface area (Å²) in [5, 5.41) is 11.6. The molecule has 140 valence electrons. The van der Waals surface area contributed by atoms with E-state index in [9.17, 15) is 18.0 Å². The first-order valence-corrected chi connectivity index (χ1v) is 10.3. The topological polar surface area (TPSA) is 117 Å². The van der Waals surface area contributed by atoms with Crippen molar-refractivity contribution >= 4 is 33.2 Å². The van der Waals surface area contributed by atoms with Gasteiger partial charge in [-0.15, -0.1) is 11.3 Å². The van der Waals surface area contributed by atoms with E-state index in [1.165, 1.54) is 11.3 Å². The number of carboxylic acids is 1. The van der Waals surface area contributed by atoms with E-state index in [4.69, 9.17) is 9.84 Å². The van der Waals surface area contributed by atoms with Crippen molar-refractivity contribution in [2.75, 3.05) is 39.0 Å². The smallest absolute Gasteiger partial charge is 0.318 e. The normalized spacial score (nSPS) is 18.5. The molecule has 0 saturated carbocycles. The van der Waals surface area contributed by atoms with Crippen molar-refractivity contribution in [1.82, 2.24) is 14.2 Å². The van der Waals surface area contributed by atoms with Crippen LogP contribution in [0, 0.1) is 6.92 Å². The second-order valence-electron chi connectivity index (χ2n) is 5.82. The summed E-state index contributed by atoms with van der Waals surface area (Å²) in [5.74, 6) is -1.35. The van der Waals surface area contributed by atoms with Crippen molar-refractivity contribution in [3.8, 4) is 0 Å². The number of hydrogen-bond donors (Lipinski definition) is 1. The second kappa shape index (κ2) is 8.21. The van der Waals surface area contributed by atoms with Gasteiger partial charge in [-0.25, -0.2) is 13.4 Å². The van der Waals surface area contributed by atoms with E-state index in [0.29, 0.717) is 12.2 Å². The van der Waals surface area contributed by atoms with Crippen LogP contribution in [0.25, 0.3) is 0 Å². The number of carboxylic acid groups (broad SMARTS) is 1. The summed E-state index contributed by atoms with van der Waals surface area (Å²) in [5.41, 5.74) is 0.708. The molecule has 9 nitrogen and oxygen atoms in total. The Morgan fingerprint density at radius 1 is 1.52 bits per heavy atom. The zero-order valence-electron chi connectivity index (χ0n) is 14.0. The number of hydrogen-bond acceptors (Lipinski definition) is 7. The molecule has 2 rings (SSSR count). The molecule has 1 saturated heterocycles. The molecule has 1 atom stereocenters. The number of ether oxygens (including phenoxy) is 1. The van der Waals surface area contributed by atoms with Crippen molar-refractivity contribution in [2.24, 2.45) is 0 Å². The van der Waals surface area contributed by atoms with Gasteiger partial charge in [0, 0.05) is 25.0 Å². The zero-order chi connectivity index (χ0) is 18.6. The van der Waals surface area contributed by atoms with E-state index in [1.807, 2.05) is 12.3 Å². The lowest BCUT2D eigenvalue weighted by atomic mass is 10.2. The van der Waals surface area contributed by atoms with Gasteiger partial charge in [0.25, 0.3) is 0 Å². The van der Waals surface area contributed by atoms with Gasteiger partial charge in [-0.2, -0.15) is 4.31 Å². The predicted octanol–water partition coefficient (Wildman–Crippen LogP) is -0.432. The average molecular weight is 391 g/mol. The fraction of sp³-hybridized carbons (Fsp3) is 0.643. The number of sulfonamides is 1. The van der Waals surface area contributed by atoms with Crippen LogP contribution in [0.15, 0.2) is 5.38 Å². The van der Waals surface area contributed by atoms with E-state index in [-0.39, 0.29) is 32.0 Å². The lowest BCUT2D eigenvalue weighted by Gasteiger charge is -2.34. The summed E-state index contributed by atoms with van der Waals surface area (Å²) in [6, 6.07) is 0. The Hall–Kier alpha value is -1.56. The van der Waals surface area contributed by atoms with Crippen LogP contribution in [0.2, 0.25) is 0 Å². The molecule has 1 aliphatic heterocycles. The van der Waals surface area contributed by atoms with Crippen LogP contribution >= 0.6 is 11.3 Å². The van der Waals surface area contributed by atoms with Crippen LogP contribution in [0.3, 0.4) is 0 Å². The lowest BCUT2D eigenvalue weighted by Crippen LogP contribution is -2.51. The minimum atomic E-state index is -3.68. The zero-order valence-corrected chi connectivity index (χ0v) is 15.7. The number of aliphatic carboxylic acids is 1. The minimum absolute atomic E-state index is 0.106. The van der Waals surface area contributed by atoms with E-state index in [2.05, 4.69) is 4.98 Å². The average Bonchev–Trinajstić information content (AvgIpc) is 2.90. The fourth-order valence-electron chi connectivity index (χ4n) is 2.51. The minimum Gasteiger partial charge on any atom is -0.480 e. The van der Waals surface area contributed by atoms with E-state index in [1.54, 1.807) is 4.90 Å². The number of nitrogens with zero attached hydrogens (tertiary/aromatic N) is 3. The van der Waals surface area contributed by atoms with Gasteiger partial charge in [0.2, 0.25) is 15.9 Å². The number of rotatable bonds is 7. The summed E-state index contributed by atoms with van der Waals surface area (Å²) >= 11 is 1.47. The Labute approximate surface area is 150 Å². The molecule has 0 aliphatic carbocycles. The molecular formula is C14H21N3O6S2. The molecule has 11 heteroatoms. The fourth-order valence-corrected chi connectivity index (χ4v) is 3.90. The Balaban J connectivity index is 1.97. The van der Waals surface area contributed by atoms with Crippen LogP contribution in [0.4, 0.5) is 0 Å². The SMILES string of the molecule is Cc1nc(CC(=O)N2CCOC(CN(CC(=O)O)S(C)(=O)=O)C2)cs1. The van der Waals surface area contributed by atoms with Crippen molar-refractivity contribution in [3.05, 3.63) is 16.1 Å². The highest BCUT2D eigenvalue weighted by atomic mass is 32.2. The maximum absolute atomic E-state index is 12.4. The number of amides is 1. The molecule has 0 spiro atoms. The summed E-state index contributed by atoms with van der Waals surface area (Å²) in [6.45, 7) is 2.03. The van der Waals surface area contributed by atoms with Gasteiger partial charge in [-0.05, 0) is 6.92 Å². The number of thiazole rings is 1. The molecule has 0 bridgehead atoms. The van der Waals surface area contributed by atoms with Crippen LogP contribution in [0.1, 0.15) is 10.7 Å². The molecule has 1 amide bonds. The van der Waals surface area contributed by atoms with E-state index >= 15 is 0 Å². The van der Waals surface area contributed by atoms with Crippen molar-refractivity contribution < 1.29 is 27.9 Å². The molecule has 1 unspecified atom stereocenters. The highest BCUT2D eigenvalue weighted by molar-refractivity contribution is 7.88. The number of morpholine rings is 1. The molecule has 1 N–H and O–H groups in total. The Kier molecular flexibility index (Phi) is 6.49. The molecule has 1 aliphatic rings.